The lowest BCUT2D eigenvalue weighted by molar-refractivity contribution is -0.362. The Morgan fingerprint density at radius 2 is 1.65 bits per heavy atom. The van der Waals surface area contributed by atoms with Gasteiger partial charge < -0.3 is 54.7 Å². The zero-order valence-electron chi connectivity index (χ0n) is 32.4. The Morgan fingerprint density at radius 3 is 2.35 bits per heavy atom. The van der Waals surface area contributed by atoms with Gasteiger partial charge in [0, 0.05) is 49.5 Å². The number of fused-ring (bicyclic) bond motifs is 3. The molecule has 300 valence electrons. The molecule has 0 saturated carbocycles. The van der Waals surface area contributed by atoms with Gasteiger partial charge in [0.15, 0.2) is 11.6 Å². The molecule has 0 aromatic carbocycles. The third-order valence-electron chi connectivity index (χ3n) is 12.5. The van der Waals surface area contributed by atoms with Crippen molar-refractivity contribution in [1.29, 1.82) is 0 Å². The fourth-order valence-electron chi connectivity index (χ4n) is 8.35. The zero-order valence-corrected chi connectivity index (χ0v) is 32.4. The minimum atomic E-state index is -1.95. The van der Waals surface area contributed by atoms with Crippen molar-refractivity contribution in [3.8, 4) is 0 Å². The predicted octanol–water partition coefficient (Wildman–Crippen LogP) is 3.65. The lowest BCUT2D eigenvalue weighted by atomic mass is 9.77. The summed E-state index contributed by atoms with van der Waals surface area (Å²) in [5.74, 6) is -4.82. The van der Waals surface area contributed by atoms with Crippen molar-refractivity contribution in [2.24, 2.45) is 29.6 Å². The highest BCUT2D eigenvalue weighted by Gasteiger charge is 2.54. The van der Waals surface area contributed by atoms with Crippen molar-refractivity contribution in [3.63, 3.8) is 0 Å². The molecule has 4 heterocycles. The highest BCUT2D eigenvalue weighted by Crippen LogP contribution is 2.48. The van der Waals surface area contributed by atoms with E-state index < -0.39 is 77.2 Å². The summed E-state index contributed by atoms with van der Waals surface area (Å²) in [5, 5.41) is 77.8. The second-order valence-electron chi connectivity index (χ2n) is 17.2. The molecule has 12 heteroatoms. The number of allylic oxidation sites excluding steroid dienone is 1. The molecule has 52 heavy (non-hydrogen) atoms. The van der Waals surface area contributed by atoms with Crippen molar-refractivity contribution in [2.45, 2.75) is 185 Å². The molecule has 7 N–H and O–H groups in total. The Bertz CT molecular complexity index is 1220. The highest BCUT2D eigenvalue weighted by atomic mass is 16.7. The summed E-state index contributed by atoms with van der Waals surface area (Å²) in [7, 11) is 0. The summed E-state index contributed by atoms with van der Waals surface area (Å²) < 4.78 is 25.8. The zero-order chi connectivity index (χ0) is 38.6. The van der Waals surface area contributed by atoms with Gasteiger partial charge in [-0.2, -0.15) is 0 Å². The van der Waals surface area contributed by atoms with Gasteiger partial charge in [0.05, 0.1) is 48.8 Å². The summed E-state index contributed by atoms with van der Waals surface area (Å²) >= 11 is 0. The number of rotatable bonds is 3. The first-order valence-corrected chi connectivity index (χ1v) is 19.7. The van der Waals surface area contributed by atoms with E-state index in [1.165, 1.54) is 20.8 Å². The van der Waals surface area contributed by atoms with Gasteiger partial charge in [0.25, 0.3) is 0 Å². The summed E-state index contributed by atoms with van der Waals surface area (Å²) in [6, 6.07) is 0. The van der Waals surface area contributed by atoms with E-state index in [4.69, 9.17) is 18.9 Å². The molecule has 3 fully saturated rings. The van der Waals surface area contributed by atoms with Crippen molar-refractivity contribution in [2.75, 3.05) is 6.61 Å². The monoisotopic (exact) mass is 740 g/mol. The van der Waals surface area contributed by atoms with Crippen LogP contribution in [0.2, 0.25) is 0 Å². The molecular formula is C40H68O12. The quantitative estimate of drug-likeness (QED) is 0.164. The van der Waals surface area contributed by atoms with Crippen LogP contribution in [0.25, 0.3) is 0 Å². The van der Waals surface area contributed by atoms with Crippen LogP contribution in [0.4, 0.5) is 0 Å². The Morgan fingerprint density at radius 1 is 0.942 bits per heavy atom. The van der Waals surface area contributed by atoms with E-state index >= 15 is 0 Å². The van der Waals surface area contributed by atoms with Gasteiger partial charge in [-0.15, -0.1) is 0 Å². The normalized spacial score (nSPS) is 49.4. The first kappa shape index (κ1) is 43.3. The van der Waals surface area contributed by atoms with E-state index in [1.54, 1.807) is 0 Å². The highest BCUT2D eigenvalue weighted by molar-refractivity contribution is 5.82. The van der Waals surface area contributed by atoms with Crippen LogP contribution in [0.3, 0.4) is 0 Å². The smallest absolute Gasteiger partial charge is 0.330 e. The number of hydrogen-bond acceptors (Lipinski definition) is 12. The fraction of sp³-hybridized carbons (Fsp3) is 0.875. The molecule has 0 amide bonds. The van der Waals surface area contributed by atoms with Gasteiger partial charge in [0.1, 0.15) is 11.7 Å². The number of carbonyl (C=O) groups is 1. The van der Waals surface area contributed by atoms with Crippen molar-refractivity contribution in [1.82, 2.24) is 0 Å². The second-order valence-corrected chi connectivity index (χ2v) is 17.2. The minimum Gasteiger partial charge on any atom is -0.459 e. The molecule has 0 aromatic rings. The average molecular weight is 741 g/mol. The molecule has 1 spiro atoms. The van der Waals surface area contributed by atoms with Gasteiger partial charge in [0.2, 0.25) is 0 Å². The molecule has 12 nitrogen and oxygen atoms in total. The third kappa shape index (κ3) is 10.6. The predicted molar refractivity (Wildman–Crippen MR) is 193 cm³/mol. The van der Waals surface area contributed by atoms with Crippen LogP contribution in [0.15, 0.2) is 24.3 Å². The van der Waals surface area contributed by atoms with E-state index in [-0.39, 0.29) is 49.5 Å². The van der Waals surface area contributed by atoms with Gasteiger partial charge in [-0.3, -0.25) is 0 Å². The van der Waals surface area contributed by atoms with Crippen LogP contribution in [0.1, 0.15) is 119 Å². The van der Waals surface area contributed by atoms with E-state index in [2.05, 4.69) is 13.8 Å². The number of esters is 1. The number of ether oxygens (including phenoxy) is 4. The molecule has 3 saturated heterocycles. The summed E-state index contributed by atoms with van der Waals surface area (Å²) in [6.45, 7) is 12.7. The van der Waals surface area contributed by atoms with Crippen molar-refractivity contribution >= 4 is 5.97 Å². The lowest BCUT2D eigenvalue weighted by Crippen LogP contribution is -2.59. The summed E-state index contributed by atoms with van der Waals surface area (Å²) in [5.41, 5.74) is -3.48. The fourth-order valence-corrected chi connectivity index (χ4v) is 8.35. The molecule has 4 aliphatic rings. The van der Waals surface area contributed by atoms with Gasteiger partial charge in [-0.1, -0.05) is 46.8 Å². The van der Waals surface area contributed by atoms with E-state index in [1.807, 2.05) is 26.0 Å². The molecule has 0 unspecified atom stereocenters. The molecule has 16 atom stereocenters. The summed E-state index contributed by atoms with van der Waals surface area (Å²) in [4.78, 5) is 13.4. The Hall–Kier alpha value is -1.45. The van der Waals surface area contributed by atoms with E-state index in [0.717, 1.165) is 18.6 Å². The van der Waals surface area contributed by atoms with Crippen molar-refractivity contribution < 1.29 is 59.5 Å². The molecule has 0 aliphatic carbocycles. The summed E-state index contributed by atoms with van der Waals surface area (Å²) in [6.07, 6.45) is 4.21. The number of aliphatic hydroxyl groups excluding tert-OH is 4. The molecular weight excluding hydrogens is 672 g/mol. The second kappa shape index (κ2) is 17.6. The molecule has 0 aromatic heterocycles. The first-order valence-electron chi connectivity index (χ1n) is 19.7. The largest absolute Gasteiger partial charge is 0.459 e. The third-order valence-corrected chi connectivity index (χ3v) is 12.5. The maximum absolute atomic E-state index is 13.4. The van der Waals surface area contributed by atoms with Crippen LogP contribution in [-0.4, -0.2) is 114 Å². The first-order chi connectivity index (χ1) is 24.2. The number of hydrogen-bond donors (Lipinski definition) is 7. The lowest BCUT2D eigenvalue weighted by Gasteiger charge is -2.53. The minimum absolute atomic E-state index is 0.0880. The Balaban J connectivity index is 1.69. The number of aliphatic hydroxyl groups is 7. The maximum atomic E-state index is 13.4. The topological polar surface area (TPSA) is 196 Å². The SMILES string of the molecule is CC[C@@H](O)C[C@@H]1O[C@@]2(CC[C@@H]1C)C[C@@H]1OC(=O)/C=C/[C@@](C)(O)[C@@H](O)[C@H](C)[C@@H](O)C[C@@H](O)[C@](C)(O)CCC/C=C/[C@@H]3C[C@H](C)CO[C@@]3(O)C[C@H](O2)[C@H]1C. The van der Waals surface area contributed by atoms with Gasteiger partial charge in [-0.05, 0) is 76.7 Å². The number of carbonyl (C=O) groups excluding carboxylic acids is 1. The molecule has 4 rings (SSSR count). The molecule has 4 aliphatic heterocycles. The average Bonchev–Trinajstić information content (AvgIpc) is 3.08. The van der Waals surface area contributed by atoms with Crippen LogP contribution in [-0.2, 0) is 23.7 Å². The van der Waals surface area contributed by atoms with E-state index in [0.29, 0.717) is 45.1 Å². The Kier molecular flexibility index (Phi) is 14.6. The van der Waals surface area contributed by atoms with Crippen LogP contribution < -0.4 is 0 Å². The van der Waals surface area contributed by atoms with Crippen LogP contribution >= 0.6 is 0 Å². The van der Waals surface area contributed by atoms with Crippen LogP contribution in [0, 0.1) is 29.6 Å². The van der Waals surface area contributed by atoms with Gasteiger partial charge >= 0.3 is 5.97 Å². The van der Waals surface area contributed by atoms with E-state index in [9.17, 15) is 40.5 Å². The van der Waals surface area contributed by atoms with Crippen LogP contribution in [0.5, 0.6) is 0 Å². The maximum Gasteiger partial charge on any atom is 0.330 e. The Labute approximate surface area is 310 Å². The standard InChI is InChI=1S/C40H68O12/c1-8-29(41)19-31-25(3)13-17-39(51-31)21-32-27(5)33(52-39)22-40(48)28(18-24(2)23-49-40)12-10-9-11-15-37(6,46)34(43)20-30(42)26(4)36(45)38(7,47)16-14-35(44)50-32/h10,12,14,16,24-34,36,41-43,45-48H,8-9,11,13,15,17-23H2,1-7H3/b12-10+,16-14+/t24-,25-,26+,27-,28+,29+,30-,31-,32-,33-,34+,36-,37+,38+,39+,40-/m0/s1. The van der Waals surface area contributed by atoms with Gasteiger partial charge in [-0.25, -0.2) is 4.79 Å². The van der Waals surface area contributed by atoms with Crippen molar-refractivity contribution in [3.05, 3.63) is 24.3 Å². The molecule has 0 radical (unpaired) electrons. The molecule has 2 bridgehead atoms.